The van der Waals surface area contributed by atoms with Crippen molar-refractivity contribution in [3.63, 3.8) is 0 Å². The number of aliphatic hydroxyl groups is 1. The number of benzene rings is 1. The number of carbonyl (C=O) groups excluding carboxylic acids is 1. The van der Waals surface area contributed by atoms with E-state index in [1.807, 2.05) is 48.9 Å². The zero-order valence-electron chi connectivity index (χ0n) is 14.0. The van der Waals surface area contributed by atoms with Crippen LogP contribution in [0.3, 0.4) is 0 Å². The molecule has 2 rings (SSSR count). The van der Waals surface area contributed by atoms with Crippen LogP contribution in [0.25, 0.3) is 10.9 Å². The minimum absolute atomic E-state index is 0.0600. The summed E-state index contributed by atoms with van der Waals surface area (Å²) >= 11 is 0. The average Bonchev–Trinajstić information content (AvgIpc) is 2.85. The van der Waals surface area contributed by atoms with Crippen molar-refractivity contribution in [2.75, 3.05) is 13.2 Å². The Kier molecular flexibility index (Phi) is 6.19. The van der Waals surface area contributed by atoms with Gasteiger partial charge in [0.25, 0.3) is 0 Å². The summed E-state index contributed by atoms with van der Waals surface area (Å²) in [5.41, 5.74) is 2.07. The number of fused-ring (bicyclic) bond motifs is 1. The fraction of sp³-hybridized carbons (Fsp3) is 0.500. The molecule has 1 aromatic heterocycles. The molecule has 0 fully saturated rings. The third-order valence-corrected chi connectivity index (χ3v) is 3.60. The molecule has 0 amide bonds. The van der Waals surface area contributed by atoms with E-state index in [1.54, 1.807) is 6.92 Å². The Morgan fingerprint density at radius 1 is 1.30 bits per heavy atom. The summed E-state index contributed by atoms with van der Waals surface area (Å²) < 4.78 is 12.9. The van der Waals surface area contributed by atoms with E-state index in [2.05, 4.69) is 0 Å². The molecule has 1 aromatic carbocycles. The molecule has 0 aliphatic rings. The Morgan fingerprint density at radius 3 is 2.70 bits per heavy atom. The lowest BCUT2D eigenvalue weighted by molar-refractivity contribution is -0.159. The quantitative estimate of drug-likeness (QED) is 0.760. The fourth-order valence-corrected chi connectivity index (χ4v) is 2.73. The first kappa shape index (κ1) is 17.5. The molecule has 5 nitrogen and oxygen atoms in total. The summed E-state index contributed by atoms with van der Waals surface area (Å²) in [6, 6.07) is 7.97. The van der Waals surface area contributed by atoms with E-state index in [9.17, 15) is 9.90 Å². The molecule has 0 saturated heterocycles. The number of rotatable bonds is 8. The lowest BCUT2D eigenvalue weighted by atomic mass is 10.1. The number of nitrogens with zero attached hydrogens (tertiary/aromatic N) is 1. The maximum Gasteiger partial charge on any atom is 0.335 e. The predicted molar refractivity (Wildman–Crippen MR) is 89.4 cm³/mol. The van der Waals surface area contributed by atoms with Crippen LogP contribution < -0.4 is 0 Å². The number of carbonyl (C=O) groups is 1. The third-order valence-electron chi connectivity index (χ3n) is 3.60. The maximum atomic E-state index is 12.2. The van der Waals surface area contributed by atoms with E-state index in [4.69, 9.17) is 9.47 Å². The van der Waals surface area contributed by atoms with Crippen molar-refractivity contribution >= 4 is 16.9 Å². The highest BCUT2D eigenvalue weighted by atomic mass is 16.6. The summed E-state index contributed by atoms with van der Waals surface area (Å²) in [6.07, 6.45) is 1.76. The highest BCUT2D eigenvalue weighted by Gasteiger charge is 2.24. The van der Waals surface area contributed by atoms with Gasteiger partial charge in [0.1, 0.15) is 0 Å². The average molecular weight is 319 g/mol. The topological polar surface area (TPSA) is 60.7 Å². The van der Waals surface area contributed by atoms with Crippen LogP contribution in [-0.4, -0.2) is 41.1 Å². The monoisotopic (exact) mass is 319 g/mol. The van der Waals surface area contributed by atoms with Crippen LogP contribution in [0, 0.1) is 0 Å². The first-order valence-electron chi connectivity index (χ1n) is 8.06. The molecule has 1 N–H and O–H groups in total. The van der Waals surface area contributed by atoms with Crippen LogP contribution in [0.5, 0.6) is 0 Å². The van der Waals surface area contributed by atoms with E-state index >= 15 is 0 Å². The Morgan fingerprint density at radius 2 is 2.04 bits per heavy atom. The molecule has 1 atom stereocenters. The molecule has 23 heavy (non-hydrogen) atoms. The van der Waals surface area contributed by atoms with Gasteiger partial charge >= 0.3 is 5.97 Å². The normalized spacial score (nSPS) is 12.7. The van der Waals surface area contributed by atoms with Gasteiger partial charge < -0.3 is 19.1 Å². The first-order valence-corrected chi connectivity index (χ1v) is 8.06. The van der Waals surface area contributed by atoms with Crippen LogP contribution in [0.2, 0.25) is 0 Å². The van der Waals surface area contributed by atoms with Gasteiger partial charge in [0, 0.05) is 30.1 Å². The first-order chi connectivity index (χ1) is 11.1. The van der Waals surface area contributed by atoms with Gasteiger partial charge in [-0.25, -0.2) is 4.79 Å². The van der Waals surface area contributed by atoms with Crippen molar-refractivity contribution in [3.05, 3.63) is 36.0 Å². The number of hydrogen-bond donors (Lipinski definition) is 1. The molecule has 0 spiro atoms. The van der Waals surface area contributed by atoms with Gasteiger partial charge in [0.05, 0.1) is 19.3 Å². The highest BCUT2D eigenvalue weighted by molar-refractivity contribution is 5.85. The van der Waals surface area contributed by atoms with Crippen molar-refractivity contribution in [1.82, 2.24) is 4.57 Å². The van der Waals surface area contributed by atoms with Crippen LogP contribution in [-0.2, 0) is 27.2 Å². The molecule has 0 radical (unpaired) electrons. The van der Waals surface area contributed by atoms with Gasteiger partial charge in [-0.05, 0) is 32.4 Å². The number of para-hydroxylation sites is 1. The van der Waals surface area contributed by atoms with Crippen molar-refractivity contribution in [2.24, 2.45) is 0 Å². The largest absolute Gasteiger partial charge is 0.464 e. The Balaban J connectivity index is 2.31. The van der Waals surface area contributed by atoms with Gasteiger partial charge in [0.15, 0.2) is 6.10 Å². The number of aromatic nitrogens is 1. The second-order valence-electron chi connectivity index (χ2n) is 5.72. The van der Waals surface area contributed by atoms with Crippen LogP contribution in [0.15, 0.2) is 30.5 Å². The summed E-state index contributed by atoms with van der Waals surface area (Å²) in [5, 5.41) is 10.3. The summed E-state index contributed by atoms with van der Waals surface area (Å²) in [5.74, 6) is -0.333. The number of esters is 1. The molecular formula is C18H25NO4. The molecule has 126 valence electrons. The molecule has 5 heteroatoms. The summed E-state index contributed by atoms with van der Waals surface area (Å²) in [4.78, 5) is 12.2. The van der Waals surface area contributed by atoms with Crippen LogP contribution in [0.4, 0.5) is 0 Å². The number of ether oxygens (including phenoxy) is 2. The predicted octanol–water partition coefficient (Wildman–Crippen LogP) is 2.53. The lowest BCUT2D eigenvalue weighted by Gasteiger charge is -2.18. The number of aliphatic hydroxyl groups excluding tert-OH is 1. The van der Waals surface area contributed by atoms with E-state index < -0.39 is 6.10 Å². The molecule has 1 unspecified atom stereocenters. The van der Waals surface area contributed by atoms with Crippen molar-refractivity contribution in [2.45, 2.75) is 45.9 Å². The van der Waals surface area contributed by atoms with E-state index in [1.165, 1.54) is 0 Å². The summed E-state index contributed by atoms with van der Waals surface area (Å²) in [7, 11) is 0. The van der Waals surface area contributed by atoms with Gasteiger partial charge in [-0.3, -0.25) is 0 Å². The zero-order chi connectivity index (χ0) is 16.8. The highest BCUT2D eigenvalue weighted by Crippen LogP contribution is 2.23. The van der Waals surface area contributed by atoms with Gasteiger partial charge in [-0.1, -0.05) is 18.2 Å². The fourth-order valence-electron chi connectivity index (χ4n) is 2.73. The van der Waals surface area contributed by atoms with Crippen molar-refractivity contribution in [1.29, 1.82) is 0 Å². The molecule has 0 bridgehead atoms. The molecule has 0 aliphatic heterocycles. The minimum Gasteiger partial charge on any atom is -0.464 e. The Labute approximate surface area is 136 Å². The molecular weight excluding hydrogens is 294 g/mol. The molecule has 0 saturated carbocycles. The van der Waals surface area contributed by atoms with Crippen molar-refractivity contribution in [3.8, 4) is 0 Å². The maximum absolute atomic E-state index is 12.2. The minimum atomic E-state index is -0.622. The molecule has 0 aliphatic carbocycles. The van der Waals surface area contributed by atoms with Crippen LogP contribution in [0.1, 0.15) is 26.3 Å². The van der Waals surface area contributed by atoms with E-state index in [0.29, 0.717) is 19.6 Å². The van der Waals surface area contributed by atoms with Gasteiger partial charge in [-0.15, -0.1) is 0 Å². The zero-order valence-corrected chi connectivity index (χ0v) is 14.0. The Hall–Kier alpha value is -1.85. The van der Waals surface area contributed by atoms with E-state index in [-0.39, 0.29) is 18.7 Å². The SMILES string of the molecule is CCOC(=O)C(Cc1cn(CCO)c2ccccc12)OC(C)C. The van der Waals surface area contributed by atoms with Crippen LogP contribution >= 0.6 is 0 Å². The third kappa shape index (κ3) is 4.33. The number of hydrogen-bond acceptors (Lipinski definition) is 4. The van der Waals surface area contributed by atoms with Gasteiger partial charge in [-0.2, -0.15) is 0 Å². The second kappa shape index (κ2) is 8.13. The Bertz CT molecular complexity index is 648. The second-order valence-corrected chi connectivity index (χ2v) is 5.72. The molecule has 2 aromatic rings. The lowest BCUT2D eigenvalue weighted by Crippen LogP contribution is -2.31. The summed E-state index contributed by atoms with van der Waals surface area (Å²) in [6.45, 7) is 6.53. The smallest absolute Gasteiger partial charge is 0.335 e. The molecule has 1 heterocycles. The standard InChI is InChI=1S/C18H25NO4/c1-4-22-18(21)17(23-13(2)3)11-14-12-19(9-10-20)16-8-6-5-7-15(14)16/h5-8,12-13,17,20H,4,9-11H2,1-3H3. The van der Waals surface area contributed by atoms with E-state index in [0.717, 1.165) is 16.5 Å². The van der Waals surface area contributed by atoms with Gasteiger partial charge in [0.2, 0.25) is 0 Å². The van der Waals surface area contributed by atoms with Crippen molar-refractivity contribution < 1.29 is 19.4 Å².